The van der Waals surface area contributed by atoms with E-state index in [1.54, 1.807) is 6.92 Å². The molecule has 0 aromatic rings. The zero-order chi connectivity index (χ0) is 5.15. The van der Waals surface area contributed by atoms with Crippen molar-refractivity contribution < 1.29 is 4.79 Å². The Morgan fingerprint density at radius 1 is 1.83 bits per heavy atom. The SMILES string of the molecule is C=C(C)C(=O)[S]. The van der Waals surface area contributed by atoms with Gasteiger partial charge >= 0.3 is 0 Å². The van der Waals surface area contributed by atoms with Crippen molar-refractivity contribution in [3.8, 4) is 0 Å². The van der Waals surface area contributed by atoms with Crippen molar-refractivity contribution >= 4 is 17.7 Å². The van der Waals surface area contributed by atoms with Gasteiger partial charge in [0.2, 0.25) is 5.12 Å². The first-order valence-electron chi connectivity index (χ1n) is 1.51. The van der Waals surface area contributed by atoms with Gasteiger partial charge in [0, 0.05) is 5.57 Å². The van der Waals surface area contributed by atoms with Crippen LogP contribution >= 0.6 is 12.6 Å². The second kappa shape index (κ2) is 1.92. The molecule has 0 saturated heterocycles. The highest BCUT2D eigenvalue weighted by molar-refractivity contribution is 7.97. The van der Waals surface area contributed by atoms with E-state index in [1.165, 1.54) is 0 Å². The maximum Gasteiger partial charge on any atom is 0.244 e. The molecule has 0 bridgehead atoms. The van der Waals surface area contributed by atoms with Gasteiger partial charge in [0.25, 0.3) is 0 Å². The second-order valence-corrected chi connectivity index (χ2v) is 1.44. The molecular weight excluding hydrogens is 96.1 g/mol. The van der Waals surface area contributed by atoms with E-state index in [0.29, 0.717) is 5.57 Å². The number of hydrogen-bond acceptors (Lipinski definition) is 1. The third-order valence-corrected chi connectivity index (χ3v) is 0.697. The van der Waals surface area contributed by atoms with Gasteiger partial charge in [-0.3, -0.25) is 4.79 Å². The molecule has 0 aliphatic carbocycles. The van der Waals surface area contributed by atoms with Crippen molar-refractivity contribution in [1.29, 1.82) is 0 Å². The fourth-order valence-corrected chi connectivity index (χ4v) is 0. The van der Waals surface area contributed by atoms with E-state index in [2.05, 4.69) is 19.2 Å². The molecule has 0 atom stereocenters. The maximum absolute atomic E-state index is 9.86. The standard InChI is InChI=1S/C4H5OS/c1-3(2)4(5)6/h1H2,2H3. The van der Waals surface area contributed by atoms with Crippen LogP contribution in [0.3, 0.4) is 0 Å². The van der Waals surface area contributed by atoms with E-state index in [0.717, 1.165) is 0 Å². The van der Waals surface area contributed by atoms with Gasteiger partial charge in [-0.25, -0.2) is 0 Å². The lowest BCUT2D eigenvalue weighted by Gasteiger charge is -1.77. The molecule has 0 heterocycles. The van der Waals surface area contributed by atoms with Gasteiger partial charge in [-0.15, -0.1) is 0 Å². The topological polar surface area (TPSA) is 17.1 Å². The lowest BCUT2D eigenvalue weighted by Crippen LogP contribution is -1.81. The van der Waals surface area contributed by atoms with Crippen molar-refractivity contribution in [2.45, 2.75) is 6.92 Å². The average molecular weight is 101 g/mol. The Kier molecular flexibility index (Phi) is 1.81. The zero-order valence-electron chi connectivity index (χ0n) is 3.52. The molecule has 1 nitrogen and oxygen atoms in total. The molecule has 0 aromatic heterocycles. The van der Waals surface area contributed by atoms with Gasteiger partial charge in [-0.2, -0.15) is 0 Å². The summed E-state index contributed by atoms with van der Waals surface area (Å²) in [6.45, 7) is 4.89. The zero-order valence-corrected chi connectivity index (χ0v) is 4.34. The number of carbonyl (C=O) groups is 1. The minimum absolute atomic E-state index is 0.352. The van der Waals surface area contributed by atoms with Crippen molar-refractivity contribution in [3.05, 3.63) is 12.2 Å². The minimum Gasteiger partial charge on any atom is -0.277 e. The first-order valence-corrected chi connectivity index (χ1v) is 1.92. The van der Waals surface area contributed by atoms with Gasteiger partial charge in [-0.05, 0) is 19.6 Å². The van der Waals surface area contributed by atoms with Crippen LogP contribution in [0.25, 0.3) is 0 Å². The summed E-state index contributed by atoms with van der Waals surface area (Å²) >= 11 is 4.16. The van der Waals surface area contributed by atoms with Crippen LogP contribution < -0.4 is 0 Å². The van der Waals surface area contributed by atoms with Gasteiger partial charge in [0.15, 0.2) is 0 Å². The van der Waals surface area contributed by atoms with E-state index in [9.17, 15) is 4.79 Å². The van der Waals surface area contributed by atoms with Crippen molar-refractivity contribution in [1.82, 2.24) is 0 Å². The predicted octanol–water partition coefficient (Wildman–Crippen LogP) is 1.29. The summed E-state index contributed by atoms with van der Waals surface area (Å²) in [5, 5.41) is -0.352. The molecule has 2 heteroatoms. The summed E-state index contributed by atoms with van der Waals surface area (Å²) in [5.41, 5.74) is 0.435. The Balaban J connectivity index is 3.57. The predicted molar refractivity (Wildman–Crippen MR) is 27.4 cm³/mol. The molecule has 0 aromatic carbocycles. The van der Waals surface area contributed by atoms with Gasteiger partial charge in [-0.1, -0.05) is 6.58 Å². The van der Waals surface area contributed by atoms with Crippen LogP contribution in [0.2, 0.25) is 0 Å². The fourth-order valence-electron chi connectivity index (χ4n) is 0. The number of carbonyl (C=O) groups excluding carboxylic acids is 1. The van der Waals surface area contributed by atoms with Crippen LogP contribution in [-0.4, -0.2) is 5.12 Å². The molecule has 0 spiro atoms. The normalized spacial score (nSPS) is 7.50. The molecule has 6 heavy (non-hydrogen) atoms. The van der Waals surface area contributed by atoms with Gasteiger partial charge in [0.1, 0.15) is 0 Å². The molecule has 1 radical (unpaired) electrons. The van der Waals surface area contributed by atoms with Crippen molar-refractivity contribution in [2.24, 2.45) is 0 Å². The molecule has 0 rings (SSSR count). The summed E-state index contributed by atoms with van der Waals surface area (Å²) in [6.07, 6.45) is 0. The first kappa shape index (κ1) is 5.63. The Labute approximate surface area is 42.5 Å². The van der Waals surface area contributed by atoms with Gasteiger partial charge in [0.05, 0.1) is 0 Å². The number of hydrogen-bond donors (Lipinski definition) is 0. The van der Waals surface area contributed by atoms with Crippen LogP contribution in [0, 0.1) is 0 Å². The largest absolute Gasteiger partial charge is 0.277 e. The molecule has 0 aliphatic rings. The molecule has 0 N–H and O–H groups in total. The average Bonchev–Trinajstić information content (AvgIpc) is 1.36. The molecular formula is C4H5OS. The molecule has 0 amide bonds. The van der Waals surface area contributed by atoms with Gasteiger partial charge < -0.3 is 0 Å². The fraction of sp³-hybridized carbons (Fsp3) is 0.250. The van der Waals surface area contributed by atoms with E-state index >= 15 is 0 Å². The van der Waals surface area contributed by atoms with E-state index in [4.69, 9.17) is 0 Å². The van der Waals surface area contributed by atoms with Crippen LogP contribution in [0.5, 0.6) is 0 Å². The third-order valence-electron chi connectivity index (χ3n) is 0.348. The maximum atomic E-state index is 9.86. The van der Waals surface area contributed by atoms with Crippen LogP contribution in [0.15, 0.2) is 12.2 Å². The Morgan fingerprint density at radius 2 is 2.00 bits per heavy atom. The van der Waals surface area contributed by atoms with Crippen molar-refractivity contribution in [2.75, 3.05) is 0 Å². The Morgan fingerprint density at radius 3 is 2.00 bits per heavy atom. The minimum atomic E-state index is -0.352. The smallest absolute Gasteiger partial charge is 0.244 e. The second-order valence-electron chi connectivity index (χ2n) is 1.07. The number of rotatable bonds is 1. The summed E-state index contributed by atoms with van der Waals surface area (Å²) in [6, 6.07) is 0. The molecule has 0 aliphatic heterocycles. The van der Waals surface area contributed by atoms with E-state index < -0.39 is 0 Å². The molecule has 0 fully saturated rings. The summed E-state index contributed by atoms with van der Waals surface area (Å²) in [5.74, 6) is 0. The highest BCUT2D eigenvalue weighted by Gasteiger charge is 1.89. The highest BCUT2D eigenvalue weighted by atomic mass is 32.1. The summed E-state index contributed by atoms with van der Waals surface area (Å²) < 4.78 is 0. The molecule has 0 unspecified atom stereocenters. The molecule has 33 valence electrons. The summed E-state index contributed by atoms with van der Waals surface area (Å²) in [7, 11) is 0. The monoisotopic (exact) mass is 101 g/mol. The van der Waals surface area contributed by atoms with Crippen LogP contribution in [0.1, 0.15) is 6.92 Å². The lowest BCUT2D eigenvalue weighted by molar-refractivity contribution is -0.107. The van der Waals surface area contributed by atoms with E-state index in [-0.39, 0.29) is 5.12 Å². The first-order chi connectivity index (χ1) is 2.64. The third kappa shape index (κ3) is 1.91. The highest BCUT2D eigenvalue weighted by Crippen LogP contribution is 1.90. The van der Waals surface area contributed by atoms with Crippen LogP contribution in [-0.2, 0) is 4.79 Å². The Hall–Kier alpha value is -0.370. The molecule has 0 saturated carbocycles. The van der Waals surface area contributed by atoms with E-state index in [1.807, 2.05) is 0 Å². The summed E-state index contributed by atoms with van der Waals surface area (Å²) in [4.78, 5) is 9.86. The Bertz CT molecular complexity index is 73.5. The van der Waals surface area contributed by atoms with Crippen molar-refractivity contribution in [3.63, 3.8) is 0 Å². The lowest BCUT2D eigenvalue weighted by atomic mass is 10.4. The quantitative estimate of drug-likeness (QED) is 0.455. The van der Waals surface area contributed by atoms with Crippen LogP contribution in [0.4, 0.5) is 0 Å².